The Morgan fingerprint density at radius 3 is 2.56 bits per heavy atom. The number of likely N-dealkylation sites (tertiary alicyclic amines) is 2. The van der Waals surface area contributed by atoms with Crippen molar-refractivity contribution in [3.63, 3.8) is 0 Å². The van der Waals surface area contributed by atoms with Crippen molar-refractivity contribution >= 4 is 40.7 Å². The molecule has 1 aliphatic carbocycles. The van der Waals surface area contributed by atoms with Crippen LogP contribution >= 0.6 is 23.2 Å². The number of nitriles is 1. The third-order valence-electron chi connectivity index (χ3n) is 11.5. The number of carbonyl (C=O) groups excluding carboxylic acids is 1. The number of alkyl halides is 1. The second kappa shape index (κ2) is 19.7. The van der Waals surface area contributed by atoms with Gasteiger partial charge in [-0.2, -0.15) is 5.26 Å². The van der Waals surface area contributed by atoms with E-state index in [9.17, 15) is 25.1 Å². The summed E-state index contributed by atoms with van der Waals surface area (Å²) in [4.78, 5) is 31.7. The Balaban J connectivity index is 1.23. The third kappa shape index (κ3) is 10.5. The van der Waals surface area contributed by atoms with Crippen LogP contribution < -0.4 is 9.47 Å². The number of aliphatic carboxylic acids is 1. The van der Waals surface area contributed by atoms with E-state index in [4.69, 9.17) is 42.1 Å². The standard InChI is InChI=1S/C45H52Cl2N4O8/c1-3-56-42(54)44(55)16-20-50(21-17-44)18-10-22-59-45(15-9-13-36(43(45,2)47)34-11-5-4-6-12-34)31-58-40-25-39(57-30-33-23-32(26-48)27-49-28-33)35(24-37(40)46)29-51-19-8-7-14-38(51)41(52)53/h4-6,9,11-13,15,23-25,27-28,38,55H,3,7-8,10,14,16-22,29-31H2,1-2H3,(H,52,53)/t38-,43?,45?/m0/s1. The van der Waals surface area contributed by atoms with Crippen LogP contribution in [0.15, 0.2) is 79.2 Å². The molecule has 12 nitrogen and oxygen atoms in total. The number of carboxylic acids is 1. The summed E-state index contributed by atoms with van der Waals surface area (Å²) < 4.78 is 24.9. The number of esters is 1. The van der Waals surface area contributed by atoms with E-state index in [1.54, 1.807) is 31.3 Å². The number of rotatable bonds is 17. The lowest BCUT2D eigenvalue weighted by molar-refractivity contribution is -0.170. The second-order valence-corrected chi connectivity index (χ2v) is 16.6. The molecule has 0 amide bonds. The van der Waals surface area contributed by atoms with Gasteiger partial charge in [-0.15, -0.1) is 11.6 Å². The molecule has 2 saturated heterocycles. The Morgan fingerprint density at radius 2 is 1.83 bits per heavy atom. The molecule has 14 heteroatoms. The summed E-state index contributed by atoms with van der Waals surface area (Å²) in [5.74, 6) is -0.661. The first kappa shape index (κ1) is 44.1. The molecule has 2 fully saturated rings. The van der Waals surface area contributed by atoms with Gasteiger partial charge in [0.1, 0.15) is 47.3 Å². The lowest BCUT2D eigenvalue weighted by Gasteiger charge is -2.45. The van der Waals surface area contributed by atoms with Gasteiger partial charge in [-0.05, 0) is 81.8 Å². The van der Waals surface area contributed by atoms with Gasteiger partial charge in [0, 0.05) is 62.4 Å². The quantitative estimate of drug-likeness (QED) is 0.0803. The zero-order valence-corrected chi connectivity index (χ0v) is 35.1. The van der Waals surface area contributed by atoms with Crippen LogP contribution in [0, 0.1) is 11.3 Å². The highest BCUT2D eigenvalue weighted by Crippen LogP contribution is 2.48. The zero-order chi connectivity index (χ0) is 42.0. The molecule has 1 aromatic heterocycles. The van der Waals surface area contributed by atoms with Gasteiger partial charge in [-0.3, -0.25) is 14.7 Å². The number of piperidine rings is 2. The van der Waals surface area contributed by atoms with E-state index < -0.39 is 34.1 Å². The fraction of sp³-hybridized carbons (Fsp3) is 0.467. The minimum Gasteiger partial charge on any atom is -0.488 e. The van der Waals surface area contributed by atoms with E-state index in [-0.39, 0.29) is 19.8 Å². The predicted octanol–water partition coefficient (Wildman–Crippen LogP) is 7.19. The Bertz CT molecular complexity index is 2050. The van der Waals surface area contributed by atoms with Crippen molar-refractivity contribution in [1.82, 2.24) is 14.8 Å². The predicted molar refractivity (Wildman–Crippen MR) is 224 cm³/mol. The maximum atomic E-state index is 12.3. The van der Waals surface area contributed by atoms with Gasteiger partial charge < -0.3 is 34.1 Å². The van der Waals surface area contributed by atoms with Crippen molar-refractivity contribution in [2.24, 2.45) is 0 Å². The molecule has 3 aromatic rings. The van der Waals surface area contributed by atoms with E-state index in [0.717, 1.165) is 24.0 Å². The third-order valence-corrected chi connectivity index (χ3v) is 12.3. The molecule has 2 aliphatic heterocycles. The highest BCUT2D eigenvalue weighted by molar-refractivity contribution is 6.32. The number of hydrogen-bond acceptors (Lipinski definition) is 11. The Labute approximate surface area is 355 Å². The molecule has 59 heavy (non-hydrogen) atoms. The minimum absolute atomic E-state index is 0.0240. The molecule has 0 bridgehead atoms. The summed E-state index contributed by atoms with van der Waals surface area (Å²) in [7, 11) is 0. The van der Waals surface area contributed by atoms with E-state index in [0.29, 0.717) is 98.2 Å². The normalized spacial score (nSPS) is 23.2. The molecule has 314 valence electrons. The van der Waals surface area contributed by atoms with Gasteiger partial charge in [-0.1, -0.05) is 60.5 Å². The largest absolute Gasteiger partial charge is 0.488 e. The first-order valence-electron chi connectivity index (χ1n) is 20.2. The molecule has 0 radical (unpaired) electrons. The lowest BCUT2D eigenvalue weighted by Crippen LogP contribution is -2.55. The van der Waals surface area contributed by atoms with Gasteiger partial charge in [0.15, 0.2) is 5.60 Å². The second-order valence-electron chi connectivity index (χ2n) is 15.5. The summed E-state index contributed by atoms with van der Waals surface area (Å²) in [5.41, 5.74) is 0.944. The highest BCUT2D eigenvalue weighted by Gasteiger charge is 2.51. The van der Waals surface area contributed by atoms with Crippen LogP contribution in [-0.4, -0.2) is 105 Å². The number of hydrogen-bond donors (Lipinski definition) is 2. The molecular weight excluding hydrogens is 795 g/mol. The van der Waals surface area contributed by atoms with Crippen LogP contribution in [0.4, 0.5) is 0 Å². The number of aliphatic hydroxyl groups is 1. The Hall–Kier alpha value is -4.48. The van der Waals surface area contributed by atoms with E-state index >= 15 is 0 Å². The number of benzene rings is 2. The number of carbonyl (C=O) groups is 2. The number of carboxylic acid groups (broad SMARTS) is 1. The van der Waals surface area contributed by atoms with Gasteiger partial charge in [0.25, 0.3) is 0 Å². The molecule has 3 aliphatic rings. The van der Waals surface area contributed by atoms with Gasteiger partial charge >= 0.3 is 11.9 Å². The first-order valence-corrected chi connectivity index (χ1v) is 20.9. The fourth-order valence-corrected chi connectivity index (χ4v) is 8.58. The maximum Gasteiger partial charge on any atom is 0.338 e. The molecule has 2 N–H and O–H groups in total. The summed E-state index contributed by atoms with van der Waals surface area (Å²) in [6.07, 6.45) is 12.4. The molecule has 2 aromatic carbocycles. The van der Waals surface area contributed by atoms with E-state index in [2.05, 4.69) is 16.0 Å². The number of nitrogens with zero attached hydrogens (tertiary/aromatic N) is 4. The van der Waals surface area contributed by atoms with Crippen LogP contribution in [0.25, 0.3) is 5.57 Å². The molecule has 0 saturated carbocycles. The average Bonchev–Trinajstić information content (AvgIpc) is 3.23. The molecular formula is C45H52Cl2N4O8. The molecule has 6 rings (SSSR count). The van der Waals surface area contributed by atoms with Crippen molar-refractivity contribution in [2.45, 2.75) is 87.6 Å². The van der Waals surface area contributed by atoms with Crippen LogP contribution in [0.2, 0.25) is 5.02 Å². The summed E-state index contributed by atoms with van der Waals surface area (Å²) in [5, 5.41) is 30.6. The SMILES string of the molecule is CCOC(=O)C1(O)CCN(CCCOC2(COc3cc(OCc4cncc(C#N)c4)c(CN4CCCC[C@H]4C(=O)O)cc3Cl)C=CC=C(c3ccccc3)C2(C)Cl)CC1. The smallest absolute Gasteiger partial charge is 0.338 e. The topological polar surface area (TPSA) is 155 Å². The maximum absolute atomic E-state index is 12.3. The fourth-order valence-electron chi connectivity index (χ4n) is 7.99. The van der Waals surface area contributed by atoms with Gasteiger partial charge in [0.2, 0.25) is 0 Å². The summed E-state index contributed by atoms with van der Waals surface area (Å²) >= 11 is 14.6. The van der Waals surface area contributed by atoms with Crippen LogP contribution in [0.5, 0.6) is 11.5 Å². The molecule has 0 spiro atoms. The number of pyridine rings is 1. The Kier molecular flexibility index (Phi) is 14.7. The number of aromatic nitrogens is 1. The van der Waals surface area contributed by atoms with Crippen LogP contribution in [0.1, 0.15) is 74.6 Å². The van der Waals surface area contributed by atoms with Crippen molar-refractivity contribution in [3.05, 3.63) is 106 Å². The molecule has 2 unspecified atom stereocenters. The number of halogens is 2. The lowest BCUT2D eigenvalue weighted by atomic mass is 9.76. The van der Waals surface area contributed by atoms with E-state index in [1.807, 2.05) is 60.4 Å². The highest BCUT2D eigenvalue weighted by atomic mass is 35.5. The molecule has 3 heterocycles. The van der Waals surface area contributed by atoms with Crippen molar-refractivity contribution in [3.8, 4) is 17.6 Å². The van der Waals surface area contributed by atoms with Gasteiger partial charge in [0.05, 0.1) is 17.2 Å². The van der Waals surface area contributed by atoms with E-state index in [1.165, 1.54) is 6.20 Å². The number of ether oxygens (including phenoxy) is 4. The van der Waals surface area contributed by atoms with Crippen molar-refractivity contribution < 1.29 is 38.7 Å². The van der Waals surface area contributed by atoms with Crippen molar-refractivity contribution in [1.29, 1.82) is 5.26 Å². The molecule has 3 atom stereocenters. The van der Waals surface area contributed by atoms with Crippen LogP contribution in [-0.2, 0) is 32.2 Å². The van der Waals surface area contributed by atoms with Crippen LogP contribution in [0.3, 0.4) is 0 Å². The first-order chi connectivity index (χ1) is 28.4. The summed E-state index contributed by atoms with van der Waals surface area (Å²) in [6.45, 7) is 6.95. The average molecular weight is 848 g/mol. The minimum atomic E-state index is -1.46. The zero-order valence-electron chi connectivity index (χ0n) is 33.6. The number of allylic oxidation sites excluding steroid dienone is 2. The monoisotopic (exact) mass is 846 g/mol. The summed E-state index contributed by atoms with van der Waals surface area (Å²) in [6, 6.07) is 16.5. The van der Waals surface area contributed by atoms with Gasteiger partial charge in [-0.25, -0.2) is 4.79 Å². The Morgan fingerprint density at radius 1 is 1.05 bits per heavy atom. The van der Waals surface area contributed by atoms with Crippen molar-refractivity contribution in [2.75, 3.05) is 46.0 Å².